The van der Waals surface area contributed by atoms with Crippen molar-refractivity contribution >= 4 is 23.2 Å². The van der Waals surface area contributed by atoms with Gasteiger partial charge in [0.2, 0.25) is 11.6 Å². The number of rotatable bonds is 0. The fraction of sp³-hybridized carbons (Fsp3) is 0.200. The monoisotopic (exact) mass is 226 g/mol. The highest BCUT2D eigenvalue weighted by atomic mass is 35.5. The third-order valence-electron chi connectivity index (χ3n) is 2.35. The Labute approximate surface area is 90.5 Å². The summed E-state index contributed by atoms with van der Waals surface area (Å²) in [6.07, 6.45) is 3.89. The molecule has 0 fully saturated rings. The predicted molar refractivity (Wildman–Crippen MR) is 51.8 cm³/mol. The molecule has 0 spiro atoms. The molecular weight excluding hydrogens is 220 g/mol. The van der Waals surface area contributed by atoms with Gasteiger partial charge >= 0.3 is 0 Å². The van der Waals surface area contributed by atoms with Crippen LogP contribution in [0.15, 0.2) is 34.8 Å². The summed E-state index contributed by atoms with van der Waals surface area (Å²) in [5, 5.41) is 9.53. The predicted octanol–water partition coefficient (Wildman–Crippen LogP) is 0.810. The normalized spacial score (nSPS) is 29.9. The highest BCUT2D eigenvalue weighted by molar-refractivity contribution is 6.49. The van der Waals surface area contributed by atoms with Crippen LogP contribution in [0.5, 0.6) is 0 Å². The quantitative estimate of drug-likeness (QED) is 0.621. The average molecular weight is 227 g/mol. The highest BCUT2D eigenvalue weighted by Gasteiger charge is 2.47. The molecule has 0 aromatic carbocycles. The van der Waals surface area contributed by atoms with Gasteiger partial charge in [-0.1, -0.05) is 11.6 Å². The second-order valence-corrected chi connectivity index (χ2v) is 3.81. The summed E-state index contributed by atoms with van der Waals surface area (Å²) >= 11 is 5.76. The fourth-order valence-corrected chi connectivity index (χ4v) is 1.79. The molecule has 2 rings (SSSR count). The number of allylic oxidation sites excluding steroid dienone is 2. The molecule has 1 N–H and O–H groups in total. The highest BCUT2D eigenvalue weighted by Crippen LogP contribution is 2.35. The molecule has 1 aliphatic carbocycles. The van der Waals surface area contributed by atoms with Crippen LogP contribution in [0.1, 0.15) is 6.92 Å². The van der Waals surface area contributed by atoms with Crippen LogP contribution in [0, 0.1) is 0 Å². The number of carbonyl (C=O) groups excluding carboxylic acids is 2. The van der Waals surface area contributed by atoms with Crippen LogP contribution in [-0.4, -0.2) is 22.3 Å². The van der Waals surface area contributed by atoms with Crippen LogP contribution in [0.25, 0.3) is 0 Å². The van der Waals surface area contributed by atoms with Crippen molar-refractivity contribution < 1.29 is 19.4 Å². The molecule has 0 aromatic rings. The Morgan fingerprint density at radius 1 is 1.40 bits per heavy atom. The van der Waals surface area contributed by atoms with Crippen molar-refractivity contribution in [1.82, 2.24) is 0 Å². The van der Waals surface area contributed by atoms with Crippen LogP contribution in [0.2, 0.25) is 0 Å². The van der Waals surface area contributed by atoms with E-state index in [2.05, 4.69) is 0 Å². The van der Waals surface area contributed by atoms with Crippen molar-refractivity contribution in [3.05, 3.63) is 34.8 Å². The van der Waals surface area contributed by atoms with Gasteiger partial charge in [0.05, 0.1) is 16.9 Å². The van der Waals surface area contributed by atoms with Crippen LogP contribution >= 0.6 is 11.6 Å². The summed E-state index contributed by atoms with van der Waals surface area (Å²) in [6, 6.07) is 0. The van der Waals surface area contributed by atoms with Crippen molar-refractivity contribution in [1.29, 1.82) is 0 Å². The van der Waals surface area contributed by atoms with Gasteiger partial charge in [-0.3, -0.25) is 9.59 Å². The lowest BCUT2D eigenvalue weighted by molar-refractivity contribution is -0.144. The minimum absolute atomic E-state index is 0.118. The van der Waals surface area contributed by atoms with E-state index >= 15 is 0 Å². The molecule has 0 saturated heterocycles. The minimum atomic E-state index is -2.10. The van der Waals surface area contributed by atoms with Crippen molar-refractivity contribution in [2.75, 3.05) is 0 Å². The molecule has 0 radical (unpaired) electrons. The van der Waals surface area contributed by atoms with Gasteiger partial charge in [0.1, 0.15) is 6.26 Å². The Bertz CT molecular complexity index is 454. The number of aliphatic hydroxyl groups is 1. The number of ether oxygens (including phenoxy) is 1. The summed E-state index contributed by atoms with van der Waals surface area (Å²) in [7, 11) is 0. The average Bonchev–Trinajstić information content (AvgIpc) is 2.24. The second-order valence-electron chi connectivity index (χ2n) is 3.43. The molecule has 4 nitrogen and oxygen atoms in total. The first-order chi connectivity index (χ1) is 6.96. The summed E-state index contributed by atoms with van der Waals surface area (Å²) in [6.45, 7) is 1.12. The number of carbonyl (C=O) groups is 2. The zero-order chi connectivity index (χ0) is 11.2. The SMILES string of the molecule is CC1(O)C(=O)C2=COC=CC2=C(Cl)C1=O. The molecule has 5 heteroatoms. The van der Waals surface area contributed by atoms with Gasteiger partial charge in [0, 0.05) is 5.57 Å². The summed E-state index contributed by atoms with van der Waals surface area (Å²) in [4.78, 5) is 23.2. The minimum Gasteiger partial charge on any atom is -0.472 e. The largest absolute Gasteiger partial charge is 0.472 e. The summed E-state index contributed by atoms with van der Waals surface area (Å²) in [5.74, 6) is -1.48. The van der Waals surface area contributed by atoms with Gasteiger partial charge in [0.25, 0.3) is 0 Å². The number of fused-ring (bicyclic) bond motifs is 1. The first kappa shape index (κ1) is 10.1. The molecule has 1 unspecified atom stereocenters. The van der Waals surface area contributed by atoms with Crippen molar-refractivity contribution in [3.8, 4) is 0 Å². The van der Waals surface area contributed by atoms with E-state index < -0.39 is 17.2 Å². The van der Waals surface area contributed by atoms with Gasteiger partial charge in [-0.05, 0) is 13.0 Å². The zero-order valence-electron chi connectivity index (χ0n) is 7.78. The molecule has 78 valence electrons. The smallest absolute Gasteiger partial charge is 0.214 e. The lowest BCUT2D eigenvalue weighted by atomic mass is 9.81. The van der Waals surface area contributed by atoms with Crippen LogP contribution in [0.4, 0.5) is 0 Å². The van der Waals surface area contributed by atoms with E-state index in [1.54, 1.807) is 0 Å². The topological polar surface area (TPSA) is 63.6 Å². The lowest BCUT2D eigenvalue weighted by Gasteiger charge is -2.28. The van der Waals surface area contributed by atoms with E-state index in [1.165, 1.54) is 18.6 Å². The van der Waals surface area contributed by atoms with Crippen LogP contribution in [0.3, 0.4) is 0 Å². The van der Waals surface area contributed by atoms with E-state index in [9.17, 15) is 14.7 Å². The van der Waals surface area contributed by atoms with Crippen molar-refractivity contribution in [2.45, 2.75) is 12.5 Å². The summed E-state index contributed by atoms with van der Waals surface area (Å²) in [5.41, 5.74) is -1.68. The molecule has 0 bridgehead atoms. The second kappa shape index (κ2) is 3.05. The molecule has 1 atom stereocenters. The maximum absolute atomic E-state index is 11.7. The number of ketones is 2. The van der Waals surface area contributed by atoms with Crippen molar-refractivity contribution in [3.63, 3.8) is 0 Å². The maximum atomic E-state index is 11.7. The van der Waals surface area contributed by atoms with E-state index in [0.29, 0.717) is 5.57 Å². The maximum Gasteiger partial charge on any atom is 0.214 e. The number of hydrogen-bond donors (Lipinski definition) is 1. The Morgan fingerprint density at radius 2 is 2.07 bits per heavy atom. The van der Waals surface area contributed by atoms with E-state index in [-0.39, 0.29) is 10.6 Å². The van der Waals surface area contributed by atoms with E-state index in [0.717, 1.165) is 6.92 Å². The van der Waals surface area contributed by atoms with E-state index in [4.69, 9.17) is 16.3 Å². The fourth-order valence-electron chi connectivity index (χ4n) is 1.44. The Hall–Kier alpha value is -1.39. The third kappa shape index (κ3) is 1.26. The standard InChI is InChI=1S/C10H7ClO4/c1-10(14)8(12)6-4-15-3-2-5(6)7(11)9(10)13/h2-4,14H,1H3. The first-order valence-corrected chi connectivity index (χ1v) is 4.58. The Kier molecular flexibility index (Phi) is 2.06. The summed E-state index contributed by atoms with van der Waals surface area (Å²) < 4.78 is 4.81. The zero-order valence-corrected chi connectivity index (χ0v) is 8.54. The number of hydrogen-bond acceptors (Lipinski definition) is 4. The van der Waals surface area contributed by atoms with Crippen LogP contribution < -0.4 is 0 Å². The molecule has 0 aromatic heterocycles. The molecule has 1 aliphatic heterocycles. The van der Waals surface area contributed by atoms with Gasteiger partial charge in [-0.25, -0.2) is 0 Å². The van der Waals surface area contributed by atoms with Crippen LogP contribution in [-0.2, 0) is 14.3 Å². The molecule has 15 heavy (non-hydrogen) atoms. The van der Waals surface area contributed by atoms with Gasteiger partial charge in [0.15, 0.2) is 5.60 Å². The van der Waals surface area contributed by atoms with Crippen molar-refractivity contribution in [2.24, 2.45) is 0 Å². The van der Waals surface area contributed by atoms with E-state index in [1.807, 2.05) is 0 Å². The molecule has 0 amide bonds. The molecular formula is C10H7ClO4. The Balaban J connectivity index is 2.68. The lowest BCUT2D eigenvalue weighted by Crippen LogP contribution is -2.48. The number of Topliss-reactive ketones (excluding diaryl/α,β-unsaturated/α-hetero) is 2. The number of halogens is 1. The molecule has 0 saturated carbocycles. The van der Waals surface area contributed by atoms with Gasteiger partial charge < -0.3 is 9.84 Å². The first-order valence-electron chi connectivity index (χ1n) is 4.20. The molecule has 1 heterocycles. The Morgan fingerprint density at radius 3 is 2.73 bits per heavy atom. The van der Waals surface area contributed by atoms with Gasteiger partial charge in [-0.2, -0.15) is 0 Å². The van der Waals surface area contributed by atoms with Gasteiger partial charge in [-0.15, -0.1) is 0 Å². The molecule has 2 aliphatic rings. The third-order valence-corrected chi connectivity index (χ3v) is 2.73.